The predicted octanol–water partition coefficient (Wildman–Crippen LogP) is 3.62. The van der Waals surface area contributed by atoms with Gasteiger partial charge in [0.05, 0.1) is 21.7 Å². The van der Waals surface area contributed by atoms with E-state index in [1.165, 1.54) is 40.8 Å². The first-order valence-corrected chi connectivity index (χ1v) is 12.4. The molecule has 1 aromatic heterocycles. The Morgan fingerprint density at radius 3 is 2.63 bits per heavy atom. The molecule has 186 valence electrons. The number of nitrogens with zero attached hydrogens (tertiary/aromatic N) is 3. The van der Waals surface area contributed by atoms with Crippen molar-refractivity contribution < 1.29 is 26.4 Å². The zero-order chi connectivity index (χ0) is 25.4. The number of aromatic nitrogens is 2. The lowest BCUT2D eigenvalue weighted by atomic mass is 10.1. The fraction of sp³-hybridized carbons (Fsp3) is 0.348. The number of alkyl halides is 3. The monoisotopic (exact) mass is 508 g/mol. The average Bonchev–Trinajstić information content (AvgIpc) is 2.80. The SMILES string of the molecule is CC1CCCCN1S(=O)(=O)c1ccc2c(cnc(=O)n2CC(=O)Nc2ccccc2C(F)(F)F)c1. The number of hydrogen-bond acceptors (Lipinski definition) is 5. The third-order valence-electron chi connectivity index (χ3n) is 5.99. The van der Waals surface area contributed by atoms with Crippen molar-refractivity contribution in [3.05, 3.63) is 64.7 Å². The van der Waals surface area contributed by atoms with Gasteiger partial charge in [-0.15, -0.1) is 0 Å². The summed E-state index contributed by atoms with van der Waals surface area (Å²) in [5.74, 6) is -0.864. The van der Waals surface area contributed by atoms with Crippen molar-refractivity contribution in [2.24, 2.45) is 0 Å². The van der Waals surface area contributed by atoms with Crippen LogP contribution in [0.1, 0.15) is 31.7 Å². The van der Waals surface area contributed by atoms with Crippen molar-refractivity contribution in [3.8, 4) is 0 Å². The number of rotatable bonds is 5. The van der Waals surface area contributed by atoms with Crippen LogP contribution >= 0.6 is 0 Å². The number of fused-ring (bicyclic) bond motifs is 1. The van der Waals surface area contributed by atoms with Gasteiger partial charge >= 0.3 is 11.9 Å². The van der Waals surface area contributed by atoms with Crippen LogP contribution in [-0.4, -0.2) is 40.8 Å². The van der Waals surface area contributed by atoms with E-state index in [-0.39, 0.29) is 16.5 Å². The smallest absolute Gasteiger partial charge is 0.324 e. The predicted molar refractivity (Wildman–Crippen MR) is 123 cm³/mol. The van der Waals surface area contributed by atoms with Crippen LogP contribution < -0.4 is 11.0 Å². The number of carbonyl (C=O) groups excluding carboxylic acids is 1. The normalized spacial score (nSPS) is 17.4. The Morgan fingerprint density at radius 1 is 1.17 bits per heavy atom. The molecule has 1 aliphatic heterocycles. The second-order valence-corrected chi connectivity index (χ2v) is 10.3. The van der Waals surface area contributed by atoms with Crippen molar-refractivity contribution in [1.82, 2.24) is 13.9 Å². The molecule has 0 saturated carbocycles. The van der Waals surface area contributed by atoms with Crippen LogP contribution in [0, 0.1) is 0 Å². The first kappa shape index (κ1) is 24.9. The van der Waals surface area contributed by atoms with Gasteiger partial charge in [-0.2, -0.15) is 17.5 Å². The number of hydrogen-bond donors (Lipinski definition) is 1. The highest BCUT2D eigenvalue weighted by Crippen LogP contribution is 2.34. The zero-order valence-electron chi connectivity index (χ0n) is 18.7. The molecule has 1 amide bonds. The fourth-order valence-corrected chi connectivity index (χ4v) is 5.96. The summed E-state index contributed by atoms with van der Waals surface area (Å²) < 4.78 is 68.4. The summed E-state index contributed by atoms with van der Waals surface area (Å²) in [7, 11) is -3.78. The molecular formula is C23H23F3N4O4S. The number of para-hydroxylation sites is 1. The lowest BCUT2D eigenvalue weighted by molar-refractivity contribution is -0.137. The van der Waals surface area contributed by atoms with E-state index >= 15 is 0 Å². The summed E-state index contributed by atoms with van der Waals surface area (Å²) in [6.07, 6.45) is -0.971. The molecule has 4 rings (SSSR count). The Kier molecular flexibility index (Phi) is 6.69. The minimum atomic E-state index is -4.67. The van der Waals surface area contributed by atoms with E-state index in [1.807, 2.05) is 6.92 Å². The minimum Gasteiger partial charge on any atom is -0.324 e. The highest BCUT2D eigenvalue weighted by atomic mass is 32.2. The van der Waals surface area contributed by atoms with E-state index in [2.05, 4.69) is 10.3 Å². The maximum Gasteiger partial charge on any atom is 0.418 e. The Bertz CT molecular complexity index is 1440. The van der Waals surface area contributed by atoms with Gasteiger partial charge in [-0.25, -0.2) is 18.2 Å². The van der Waals surface area contributed by atoms with Crippen molar-refractivity contribution >= 4 is 32.5 Å². The second-order valence-electron chi connectivity index (χ2n) is 8.40. The Hall–Kier alpha value is -3.25. The van der Waals surface area contributed by atoms with E-state index in [0.717, 1.165) is 36.0 Å². The van der Waals surface area contributed by atoms with E-state index in [9.17, 15) is 31.2 Å². The third kappa shape index (κ3) is 5.08. The Balaban J connectivity index is 1.64. The molecule has 3 aromatic rings. The lowest BCUT2D eigenvalue weighted by Gasteiger charge is -2.32. The second kappa shape index (κ2) is 9.42. The number of nitrogens with one attached hydrogen (secondary N) is 1. The van der Waals surface area contributed by atoms with Gasteiger partial charge in [0.15, 0.2) is 0 Å². The van der Waals surface area contributed by atoms with Crippen LogP contribution in [0.25, 0.3) is 10.9 Å². The number of carbonyl (C=O) groups is 1. The average molecular weight is 509 g/mol. The fourth-order valence-electron chi connectivity index (χ4n) is 4.23. The van der Waals surface area contributed by atoms with Crippen LogP contribution in [-0.2, 0) is 27.5 Å². The molecule has 0 bridgehead atoms. The number of amides is 1. The first-order chi connectivity index (χ1) is 16.5. The molecule has 8 nitrogen and oxygen atoms in total. The Morgan fingerprint density at radius 2 is 1.91 bits per heavy atom. The van der Waals surface area contributed by atoms with Crippen molar-refractivity contribution in [2.45, 2.75) is 49.8 Å². The number of anilines is 1. The standard InChI is InChI=1S/C23H23F3N4O4S/c1-15-6-4-5-11-30(15)35(33,34)17-9-10-20-16(12-17)13-27-22(32)29(20)14-21(31)28-19-8-3-2-7-18(19)23(24,25)26/h2-3,7-10,12-13,15H,4-6,11,14H2,1H3,(H,28,31). The van der Waals surface area contributed by atoms with Crippen molar-refractivity contribution in [2.75, 3.05) is 11.9 Å². The molecule has 2 heterocycles. The summed E-state index contributed by atoms with van der Waals surface area (Å²) in [6, 6.07) is 8.50. The van der Waals surface area contributed by atoms with Crippen LogP contribution in [0.2, 0.25) is 0 Å². The quantitative estimate of drug-likeness (QED) is 0.567. The largest absolute Gasteiger partial charge is 0.418 e. The number of benzene rings is 2. The number of piperidine rings is 1. The molecule has 1 N–H and O–H groups in total. The maximum absolute atomic E-state index is 13.2. The molecular weight excluding hydrogens is 485 g/mol. The van der Waals surface area contributed by atoms with Crippen molar-refractivity contribution in [3.63, 3.8) is 0 Å². The lowest BCUT2D eigenvalue weighted by Crippen LogP contribution is -2.41. The summed E-state index contributed by atoms with van der Waals surface area (Å²) >= 11 is 0. The van der Waals surface area contributed by atoms with E-state index in [0.29, 0.717) is 11.9 Å². The first-order valence-electron chi connectivity index (χ1n) is 11.0. The molecule has 1 unspecified atom stereocenters. The van der Waals surface area contributed by atoms with Gasteiger partial charge < -0.3 is 5.32 Å². The number of sulfonamides is 1. The van der Waals surface area contributed by atoms with Crippen LogP contribution in [0.3, 0.4) is 0 Å². The van der Waals surface area contributed by atoms with Gasteiger partial charge in [-0.3, -0.25) is 9.36 Å². The van der Waals surface area contributed by atoms with Crippen LogP contribution in [0.15, 0.2) is 58.4 Å². The van der Waals surface area contributed by atoms with Gasteiger partial charge in [-0.1, -0.05) is 18.6 Å². The summed E-state index contributed by atoms with van der Waals surface area (Å²) in [5, 5.41) is 2.50. The van der Waals surface area contributed by atoms with Gasteiger partial charge in [0.2, 0.25) is 15.9 Å². The molecule has 35 heavy (non-hydrogen) atoms. The molecule has 0 radical (unpaired) electrons. The highest BCUT2D eigenvalue weighted by molar-refractivity contribution is 7.89. The zero-order valence-corrected chi connectivity index (χ0v) is 19.6. The summed E-state index contributed by atoms with van der Waals surface area (Å²) in [4.78, 5) is 28.7. The molecule has 2 aromatic carbocycles. The Labute approximate surface area is 199 Å². The molecule has 12 heteroatoms. The van der Waals surface area contributed by atoms with Crippen LogP contribution in [0.5, 0.6) is 0 Å². The van der Waals surface area contributed by atoms with E-state index in [4.69, 9.17) is 0 Å². The molecule has 0 spiro atoms. The summed E-state index contributed by atoms with van der Waals surface area (Å²) in [5.41, 5.74) is -2.01. The van der Waals surface area contributed by atoms with Gasteiger partial charge in [0.25, 0.3) is 0 Å². The van der Waals surface area contributed by atoms with Gasteiger partial charge in [0.1, 0.15) is 6.54 Å². The molecule has 1 atom stereocenters. The molecule has 1 saturated heterocycles. The molecule has 0 aliphatic carbocycles. The third-order valence-corrected chi connectivity index (χ3v) is 8.00. The molecule has 1 aliphatic rings. The topological polar surface area (TPSA) is 101 Å². The molecule has 1 fully saturated rings. The van der Waals surface area contributed by atoms with Gasteiger partial charge in [-0.05, 0) is 50.1 Å². The maximum atomic E-state index is 13.2. The highest BCUT2D eigenvalue weighted by Gasteiger charge is 2.34. The summed E-state index contributed by atoms with van der Waals surface area (Å²) in [6.45, 7) is 1.66. The van der Waals surface area contributed by atoms with E-state index in [1.54, 1.807) is 0 Å². The minimum absolute atomic E-state index is 0.0364. The van der Waals surface area contributed by atoms with E-state index < -0.39 is 45.6 Å². The van der Waals surface area contributed by atoms with Crippen LogP contribution in [0.4, 0.5) is 18.9 Å². The van der Waals surface area contributed by atoms with Crippen molar-refractivity contribution in [1.29, 1.82) is 0 Å². The number of halogens is 3. The van der Waals surface area contributed by atoms with Gasteiger partial charge in [0, 0.05) is 24.2 Å².